The van der Waals surface area contributed by atoms with Gasteiger partial charge in [-0.2, -0.15) is 0 Å². The van der Waals surface area contributed by atoms with Crippen LogP contribution < -0.4 is 5.32 Å². The number of hydrogen-bond donors (Lipinski definition) is 2. The molecule has 0 amide bonds. The maximum atomic E-state index is 9.38. The molecule has 2 N–H and O–H groups in total. The fourth-order valence-corrected chi connectivity index (χ4v) is 3.22. The molecular formula is C15H31NO. The number of aliphatic hydroxyl groups is 1. The summed E-state index contributed by atoms with van der Waals surface area (Å²) in [5.41, 5.74) is 0. The minimum atomic E-state index is -0.184. The molecule has 0 heterocycles. The smallest absolute Gasteiger partial charge is 0.0526 e. The third-order valence-electron chi connectivity index (χ3n) is 4.00. The van der Waals surface area contributed by atoms with Gasteiger partial charge >= 0.3 is 0 Å². The monoisotopic (exact) mass is 241 g/mol. The summed E-state index contributed by atoms with van der Waals surface area (Å²) in [5, 5.41) is 13.1. The van der Waals surface area contributed by atoms with E-state index in [-0.39, 0.29) is 6.10 Å². The highest BCUT2D eigenvalue weighted by Gasteiger charge is 2.19. The van der Waals surface area contributed by atoms with Gasteiger partial charge in [0.15, 0.2) is 0 Å². The lowest BCUT2D eigenvalue weighted by atomic mass is 9.95. The molecule has 1 fully saturated rings. The van der Waals surface area contributed by atoms with Gasteiger partial charge in [-0.15, -0.1) is 0 Å². The van der Waals surface area contributed by atoms with Crippen molar-refractivity contribution in [2.24, 2.45) is 5.92 Å². The Morgan fingerprint density at radius 2 is 1.94 bits per heavy atom. The molecule has 0 bridgehead atoms. The van der Waals surface area contributed by atoms with E-state index in [0.717, 1.165) is 12.3 Å². The molecule has 0 aliphatic heterocycles. The van der Waals surface area contributed by atoms with Crippen LogP contribution in [0.4, 0.5) is 0 Å². The minimum absolute atomic E-state index is 0.184. The van der Waals surface area contributed by atoms with E-state index in [1.54, 1.807) is 0 Å². The average molecular weight is 241 g/mol. The van der Waals surface area contributed by atoms with Gasteiger partial charge < -0.3 is 10.4 Å². The van der Waals surface area contributed by atoms with Gasteiger partial charge in [-0.1, -0.05) is 32.6 Å². The molecule has 0 aromatic heterocycles. The Labute approximate surface area is 107 Å². The van der Waals surface area contributed by atoms with Crippen LogP contribution in [0.25, 0.3) is 0 Å². The lowest BCUT2D eigenvalue weighted by Gasteiger charge is -2.23. The molecule has 0 aromatic carbocycles. The largest absolute Gasteiger partial charge is 0.393 e. The van der Waals surface area contributed by atoms with E-state index in [0.29, 0.717) is 12.1 Å². The third kappa shape index (κ3) is 6.42. The summed E-state index contributed by atoms with van der Waals surface area (Å²) in [6.45, 7) is 6.37. The predicted molar refractivity (Wildman–Crippen MR) is 74.2 cm³/mol. The Morgan fingerprint density at radius 1 is 1.18 bits per heavy atom. The van der Waals surface area contributed by atoms with E-state index in [1.807, 2.05) is 6.92 Å². The summed E-state index contributed by atoms with van der Waals surface area (Å²) in [4.78, 5) is 0. The standard InChI is InChI=1S/C15H31NO/c1-4-6-14-7-5-8-15(10-9-14)16-12(2)11-13(3)17/h12-17H,4-11H2,1-3H3. The first kappa shape index (κ1) is 15.0. The molecule has 1 aliphatic rings. The minimum Gasteiger partial charge on any atom is -0.393 e. The van der Waals surface area contributed by atoms with Crippen LogP contribution in [0.5, 0.6) is 0 Å². The van der Waals surface area contributed by atoms with Crippen molar-refractivity contribution in [2.75, 3.05) is 0 Å². The SMILES string of the molecule is CCCC1CCCC(NC(C)CC(C)O)CC1. The Morgan fingerprint density at radius 3 is 2.59 bits per heavy atom. The molecule has 0 spiro atoms. The fraction of sp³-hybridized carbons (Fsp3) is 1.00. The molecule has 0 aromatic rings. The second kappa shape index (κ2) is 8.10. The van der Waals surface area contributed by atoms with Gasteiger partial charge in [0.25, 0.3) is 0 Å². The topological polar surface area (TPSA) is 32.3 Å². The van der Waals surface area contributed by atoms with Crippen molar-refractivity contribution in [1.29, 1.82) is 0 Å². The van der Waals surface area contributed by atoms with Crippen LogP contribution in [-0.2, 0) is 0 Å². The van der Waals surface area contributed by atoms with Crippen LogP contribution in [0.2, 0.25) is 0 Å². The van der Waals surface area contributed by atoms with Gasteiger partial charge in [-0.3, -0.25) is 0 Å². The summed E-state index contributed by atoms with van der Waals surface area (Å²) in [6.07, 6.45) is 10.3. The number of rotatable bonds is 6. The molecule has 4 atom stereocenters. The molecule has 1 saturated carbocycles. The summed E-state index contributed by atoms with van der Waals surface area (Å²) in [7, 11) is 0. The lowest BCUT2D eigenvalue weighted by molar-refractivity contribution is 0.167. The summed E-state index contributed by atoms with van der Waals surface area (Å²) in [6, 6.07) is 1.13. The highest BCUT2D eigenvalue weighted by molar-refractivity contribution is 4.77. The Balaban J connectivity index is 2.26. The maximum Gasteiger partial charge on any atom is 0.0526 e. The third-order valence-corrected chi connectivity index (χ3v) is 4.00. The molecule has 4 unspecified atom stereocenters. The molecule has 0 saturated heterocycles. The van der Waals surface area contributed by atoms with Gasteiger partial charge in [0, 0.05) is 12.1 Å². The average Bonchev–Trinajstić information content (AvgIpc) is 2.43. The second-order valence-corrected chi connectivity index (χ2v) is 6.01. The summed E-state index contributed by atoms with van der Waals surface area (Å²) < 4.78 is 0. The van der Waals surface area contributed by atoms with E-state index in [1.165, 1.54) is 44.9 Å². The first-order chi connectivity index (χ1) is 8.11. The van der Waals surface area contributed by atoms with E-state index in [9.17, 15) is 5.11 Å². The zero-order valence-corrected chi connectivity index (χ0v) is 11.9. The molecule has 2 nitrogen and oxygen atoms in total. The zero-order chi connectivity index (χ0) is 12.7. The quantitative estimate of drug-likeness (QED) is 0.698. The van der Waals surface area contributed by atoms with Crippen molar-refractivity contribution in [3.05, 3.63) is 0 Å². The second-order valence-electron chi connectivity index (χ2n) is 6.01. The molecule has 0 radical (unpaired) electrons. The van der Waals surface area contributed by atoms with Crippen LogP contribution in [0.15, 0.2) is 0 Å². The molecule has 17 heavy (non-hydrogen) atoms. The van der Waals surface area contributed by atoms with Crippen molar-refractivity contribution in [1.82, 2.24) is 5.32 Å². The van der Waals surface area contributed by atoms with Gasteiger partial charge in [0.1, 0.15) is 0 Å². The van der Waals surface area contributed by atoms with Gasteiger partial charge in [-0.05, 0) is 45.4 Å². The molecule has 1 aliphatic carbocycles. The zero-order valence-electron chi connectivity index (χ0n) is 11.9. The number of aliphatic hydroxyl groups excluding tert-OH is 1. The normalized spacial score (nSPS) is 29.6. The molecule has 102 valence electrons. The fourth-order valence-electron chi connectivity index (χ4n) is 3.22. The van der Waals surface area contributed by atoms with Crippen molar-refractivity contribution < 1.29 is 5.11 Å². The van der Waals surface area contributed by atoms with Crippen LogP contribution in [-0.4, -0.2) is 23.3 Å². The Hall–Kier alpha value is -0.0800. The highest BCUT2D eigenvalue weighted by atomic mass is 16.3. The maximum absolute atomic E-state index is 9.38. The first-order valence-electron chi connectivity index (χ1n) is 7.56. The Kier molecular flexibility index (Phi) is 7.14. The number of hydrogen-bond acceptors (Lipinski definition) is 2. The summed E-state index contributed by atoms with van der Waals surface area (Å²) >= 11 is 0. The molecular weight excluding hydrogens is 210 g/mol. The van der Waals surface area contributed by atoms with Crippen LogP contribution in [0.1, 0.15) is 72.1 Å². The van der Waals surface area contributed by atoms with E-state index < -0.39 is 0 Å². The van der Waals surface area contributed by atoms with E-state index in [4.69, 9.17) is 0 Å². The van der Waals surface area contributed by atoms with Crippen molar-refractivity contribution in [3.63, 3.8) is 0 Å². The van der Waals surface area contributed by atoms with Gasteiger partial charge in [0.2, 0.25) is 0 Å². The van der Waals surface area contributed by atoms with Crippen molar-refractivity contribution in [3.8, 4) is 0 Å². The van der Waals surface area contributed by atoms with Gasteiger partial charge in [0.05, 0.1) is 6.10 Å². The predicted octanol–water partition coefficient (Wildman–Crippen LogP) is 3.48. The van der Waals surface area contributed by atoms with Gasteiger partial charge in [-0.25, -0.2) is 0 Å². The molecule has 1 rings (SSSR count). The van der Waals surface area contributed by atoms with Crippen LogP contribution in [0.3, 0.4) is 0 Å². The first-order valence-corrected chi connectivity index (χ1v) is 7.56. The highest BCUT2D eigenvalue weighted by Crippen LogP contribution is 2.27. The Bertz CT molecular complexity index is 193. The van der Waals surface area contributed by atoms with Crippen molar-refractivity contribution >= 4 is 0 Å². The lowest BCUT2D eigenvalue weighted by Crippen LogP contribution is -2.37. The van der Waals surface area contributed by atoms with Crippen LogP contribution >= 0.6 is 0 Å². The van der Waals surface area contributed by atoms with Crippen molar-refractivity contribution in [2.45, 2.75) is 90.3 Å². The van der Waals surface area contributed by atoms with Crippen LogP contribution in [0, 0.1) is 5.92 Å². The number of nitrogens with one attached hydrogen (secondary N) is 1. The van der Waals surface area contributed by atoms with E-state index in [2.05, 4.69) is 19.2 Å². The van der Waals surface area contributed by atoms with E-state index >= 15 is 0 Å². The molecule has 2 heteroatoms. The summed E-state index contributed by atoms with van der Waals surface area (Å²) in [5.74, 6) is 0.971.